The average molecular weight is 798 g/mol. The van der Waals surface area contributed by atoms with Crippen molar-refractivity contribution in [1.29, 1.82) is 0 Å². The Morgan fingerprint density at radius 1 is 1.12 bits per heavy atom. The molecule has 0 saturated heterocycles. The van der Waals surface area contributed by atoms with Crippen LogP contribution in [0.4, 0.5) is 26.4 Å². The number of rotatable bonds is 12. The van der Waals surface area contributed by atoms with Crippen molar-refractivity contribution in [2.24, 2.45) is 0 Å². The van der Waals surface area contributed by atoms with Gasteiger partial charge in [-0.3, -0.25) is 19.4 Å². The van der Waals surface area contributed by atoms with Crippen LogP contribution in [0.3, 0.4) is 0 Å². The van der Waals surface area contributed by atoms with Crippen molar-refractivity contribution < 1.29 is 41.5 Å². The molecule has 0 fully saturated rings. The number of hydrogen-bond donors (Lipinski definition) is 7. The molecule has 0 bridgehead atoms. The lowest BCUT2D eigenvalue weighted by Gasteiger charge is -2.20. The Morgan fingerprint density at radius 2 is 1.71 bits per heavy atom. The highest BCUT2D eigenvalue weighted by Gasteiger charge is 2.21. The normalized spacial score (nSPS) is 11.6. The number of benzene rings is 1. The predicted molar refractivity (Wildman–Crippen MR) is 184 cm³/mol. The summed E-state index contributed by atoms with van der Waals surface area (Å²) in [5, 5.41) is 20.7. The topological polar surface area (TPSA) is 256 Å². The standard InChI is InChI=1S/C11H10Cl2F2N4O3S.C10H19N5S.C3H8NO5P/c1-5-16-19(11(20)18(5)10(14)15)9-4-8(17-23(2,21)22)6(12)3-7(9)13;1-6-11-7-12-8(15-10(2,3)4)14-9(13-7)16-5;5-3(6)1-4-2-10(7,8)9/h3-4,10,17H,1-2H3;6H2,1-5H3,(H2,11,12,13,14,15);4H,1-2H2,(H,5,6)(H2,7,8,9). The van der Waals surface area contributed by atoms with Crippen LogP contribution in [0.15, 0.2) is 22.1 Å². The molecule has 7 N–H and O–H groups in total. The van der Waals surface area contributed by atoms with Gasteiger partial charge in [0.05, 0.1) is 40.5 Å². The van der Waals surface area contributed by atoms with Crippen molar-refractivity contribution in [3.05, 3.63) is 38.5 Å². The van der Waals surface area contributed by atoms with E-state index in [1.807, 2.05) is 13.2 Å². The van der Waals surface area contributed by atoms with E-state index in [9.17, 15) is 31.4 Å². The number of halogens is 4. The number of anilines is 3. The van der Waals surface area contributed by atoms with E-state index in [-0.39, 0.29) is 37.4 Å². The summed E-state index contributed by atoms with van der Waals surface area (Å²) in [5.41, 5.74) is -1.33. The van der Waals surface area contributed by atoms with Crippen molar-refractivity contribution in [2.45, 2.75) is 51.9 Å². The number of carboxylic acid groups (broad SMARTS) is 1. The maximum atomic E-state index is 12.8. The number of aromatic nitrogens is 6. The van der Waals surface area contributed by atoms with Crippen LogP contribution < -0.4 is 26.4 Å². The van der Waals surface area contributed by atoms with Gasteiger partial charge in [0.1, 0.15) is 5.82 Å². The summed E-state index contributed by atoms with van der Waals surface area (Å²) in [6.07, 6.45) is 2.25. The molecule has 1 aromatic carbocycles. The predicted octanol–water partition coefficient (Wildman–Crippen LogP) is 3.45. The summed E-state index contributed by atoms with van der Waals surface area (Å²) in [5.74, 6) is -0.140. The molecule has 0 aliphatic heterocycles. The van der Waals surface area contributed by atoms with Gasteiger partial charge in [0.25, 0.3) is 0 Å². The fourth-order valence-corrected chi connectivity index (χ4v) is 5.11. The number of carboxylic acids is 1. The van der Waals surface area contributed by atoms with E-state index < -0.39 is 48.7 Å². The van der Waals surface area contributed by atoms with Crippen LogP contribution in [0, 0.1) is 6.92 Å². The van der Waals surface area contributed by atoms with E-state index in [0.717, 1.165) is 24.0 Å². The molecule has 0 aliphatic rings. The van der Waals surface area contributed by atoms with Crippen molar-refractivity contribution in [1.82, 2.24) is 34.6 Å². The minimum absolute atomic E-state index is 0.0257. The Morgan fingerprint density at radius 3 is 2.16 bits per heavy atom. The van der Waals surface area contributed by atoms with Crippen molar-refractivity contribution in [3.63, 3.8) is 0 Å². The molecule has 0 radical (unpaired) electrons. The summed E-state index contributed by atoms with van der Waals surface area (Å²) in [6, 6.07) is 2.31. The van der Waals surface area contributed by atoms with Crippen LogP contribution in [-0.2, 0) is 19.4 Å². The number of thioether (sulfide) groups is 1. The molecular formula is C24H37Cl2F2N10O8PS2. The van der Waals surface area contributed by atoms with Crippen molar-refractivity contribution >= 4 is 76.1 Å². The summed E-state index contributed by atoms with van der Waals surface area (Å²) in [6.45, 7) is 6.74. The highest BCUT2D eigenvalue weighted by atomic mass is 35.5. The maximum absolute atomic E-state index is 12.8. The first-order chi connectivity index (χ1) is 22.4. The van der Waals surface area contributed by atoms with E-state index in [0.29, 0.717) is 16.6 Å². The Kier molecular flexibility index (Phi) is 16.8. The second kappa shape index (κ2) is 18.8. The lowest BCUT2D eigenvalue weighted by molar-refractivity contribution is -0.135. The Bertz CT molecular complexity index is 1810. The van der Waals surface area contributed by atoms with Gasteiger partial charge in [0.15, 0.2) is 5.16 Å². The number of carbonyl (C=O) groups is 1. The van der Waals surface area contributed by atoms with Gasteiger partial charge in [-0.25, -0.2) is 17.8 Å². The van der Waals surface area contributed by atoms with Gasteiger partial charge < -0.3 is 25.5 Å². The minimum atomic E-state index is -4.10. The van der Waals surface area contributed by atoms with Crippen LogP contribution in [-0.4, -0.2) is 96.0 Å². The number of aliphatic carboxylic acids is 1. The minimum Gasteiger partial charge on any atom is -0.480 e. The molecule has 0 spiro atoms. The summed E-state index contributed by atoms with van der Waals surface area (Å²) in [7, 11) is -7.74. The lowest BCUT2D eigenvalue weighted by atomic mass is 10.1. The van der Waals surface area contributed by atoms with Crippen LogP contribution in [0.5, 0.6) is 0 Å². The fourth-order valence-electron chi connectivity index (χ4n) is 3.22. The molecule has 49 heavy (non-hydrogen) atoms. The maximum Gasteiger partial charge on any atom is 0.355 e. The SMILES string of the molecule is CCNc1nc(NC(C)(C)C)nc(SC)n1.Cc1nn(-c2cc(NS(C)(=O)=O)c(Cl)cc2Cl)c(=O)n1C(F)F.O=C(O)CNCP(=O)(O)O. The number of sulfonamides is 1. The van der Waals surface area contributed by atoms with Crippen LogP contribution in [0.1, 0.15) is 40.1 Å². The van der Waals surface area contributed by atoms with E-state index in [1.54, 1.807) is 0 Å². The van der Waals surface area contributed by atoms with Crippen molar-refractivity contribution in [2.75, 3.05) is 47.2 Å². The van der Waals surface area contributed by atoms with Gasteiger partial charge in [-0.2, -0.15) is 28.4 Å². The number of alkyl halides is 2. The molecule has 0 amide bonds. The molecule has 2 aromatic heterocycles. The third-order valence-electron chi connectivity index (χ3n) is 4.95. The largest absolute Gasteiger partial charge is 0.480 e. The smallest absolute Gasteiger partial charge is 0.355 e. The van der Waals surface area contributed by atoms with Crippen LogP contribution in [0.25, 0.3) is 5.69 Å². The number of hydrogen-bond acceptors (Lipinski definition) is 13. The molecule has 18 nitrogen and oxygen atoms in total. The molecule has 0 aliphatic carbocycles. The second-order valence-electron chi connectivity index (χ2n) is 10.6. The molecule has 3 rings (SSSR count). The molecule has 276 valence electrons. The molecule has 0 saturated carbocycles. The fraction of sp³-hybridized carbons (Fsp3) is 0.500. The first-order valence-corrected chi connectivity index (χ1v) is 19.3. The third-order valence-corrected chi connectivity index (χ3v) is 7.34. The van der Waals surface area contributed by atoms with Gasteiger partial charge in [-0.15, -0.1) is 5.10 Å². The highest BCUT2D eigenvalue weighted by Crippen LogP contribution is 2.32. The van der Waals surface area contributed by atoms with Crippen molar-refractivity contribution in [3.8, 4) is 5.69 Å². The van der Waals surface area contributed by atoms with Gasteiger partial charge >= 0.3 is 25.8 Å². The molecule has 25 heteroatoms. The Hall–Kier alpha value is -3.11. The zero-order chi connectivity index (χ0) is 37.9. The van der Waals surface area contributed by atoms with Gasteiger partial charge in [0, 0.05) is 12.1 Å². The molecule has 0 atom stereocenters. The number of nitrogens with one attached hydrogen (secondary N) is 4. The molecule has 3 aromatic rings. The van der Waals surface area contributed by atoms with Gasteiger partial charge in [0.2, 0.25) is 21.9 Å². The highest BCUT2D eigenvalue weighted by molar-refractivity contribution is 7.98. The van der Waals surface area contributed by atoms with Crippen LogP contribution in [0.2, 0.25) is 10.0 Å². The number of aryl methyl sites for hydroxylation is 1. The third kappa shape index (κ3) is 16.4. The van der Waals surface area contributed by atoms with E-state index >= 15 is 0 Å². The van der Waals surface area contributed by atoms with E-state index in [2.05, 4.69) is 61.5 Å². The zero-order valence-electron chi connectivity index (χ0n) is 27.2. The summed E-state index contributed by atoms with van der Waals surface area (Å²) in [4.78, 5) is 51.0. The second-order valence-corrected chi connectivity index (χ2v) is 15.5. The molecule has 0 unspecified atom stereocenters. The molecular weight excluding hydrogens is 760 g/mol. The van der Waals surface area contributed by atoms with Gasteiger partial charge in [-0.05, 0) is 53.0 Å². The first-order valence-electron chi connectivity index (χ1n) is 13.6. The summed E-state index contributed by atoms with van der Waals surface area (Å²) >= 11 is 13.3. The van der Waals surface area contributed by atoms with Crippen LogP contribution >= 0.6 is 42.6 Å². The van der Waals surface area contributed by atoms with E-state index in [4.69, 9.17) is 38.1 Å². The first kappa shape index (κ1) is 43.9. The summed E-state index contributed by atoms with van der Waals surface area (Å²) < 4.78 is 61.3. The zero-order valence-corrected chi connectivity index (χ0v) is 31.2. The van der Waals surface area contributed by atoms with E-state index in [1.165, 1.54) is 24.8 Å². The van der Waals surface area contributed by atoms with Gasteiger partial charge in [-0.1, -0.05) is 35.0 Å². The number of nitrogens with zero attached hydrogens (tertiary/aromatic N) is 6. The molecule has 2 heterocycles. The monoisotopic (exact) mass is 796 g/mol. The quantitative estimate of drug-likeness (QED) is 0.102. The lowest BCUT2D eigenvalue weighted by Crippen LogP contribution is -2.27. The Labute approximate surface area is 294 Å². The Balaban J connectivity index is 0.000000401. The average Bonchev–Trinajstić information content (AvgIpc) is 3.21.